The standard InChI is InChI=1S/C13H15NO3S/c1-9(15)14-7-8-18-12(11(14)13(16)17)10-5-3-2-4-6-10/h2-6,11-12H,7-8H2,1H3,(H,16,17). The van der Waals surface area contributed by atoms with Gasteiger partial charge in [-0.05, 0) is 5.56 Å². The summed E-state index contributed by atoms with van der Waals surface area (Å²) >= 11 is 1.60. The molecule has 0 aromatic heterocycles. The summed E-state index contributed by atoms with van der Waals surface area (Å²) in [5.41, 5.74) is 0.959. The summed E-state index contributed by atoms with van der Waals surface area (Å²) in [7, 11) is 0. The largest absolute Gasteiger partial charge is 0.480 e. The topological polar surface area (TPSA) is 57.6 Å². The highest BCUT2D eigenvalue weighted by molar-refractivity contribution is 7.99. The zero-order chi connectivity index (χ0) is 13.1. The predicted molar refractivity (Wildman–Crippen MR) is 70.5 cm³/mol. The third kappa shape index (κ3) is 2.51. The highest BCUT2D eigenvalue weighted by Gasteiger charge is 2.39. The molecule has 0 bridgehead atoms. The van der Waals surface area contributed by atoms with Crippen LogP contribution in [0.2, 0.25) is 0 Å². The first-order valence-electron chi connectivity index (χ1n) is 5.78. The number of carboxylic acids is 1. The zero-order valence-electron chi connectivity index (χ0n) is 10.1. The molecule has 2 unspecified atom stereocenters. The van der Waals surface area contributed by atoms with Gasteiger partial charge in [0, 0.05) is 19.2 Å². The summed E-state index contributed by atoms with van der Waals surface area (Å²) in [6.07, 6.45) is 0. The average Bonchev–Trinajstić information content (AvgIpc) is 2.38. The van der Waals surface area contributed by atoms with Crippen LogP contribution < -0.4 is 0 Å². The van der Waals surface area contributed by atoms with Crippen LogP contribution in [0.5, 0.6) is 0 Å². The second-order valence-electron chi connectivity index (χ2n) is 4.20. The quantitative estimate of drug-likeness (QED) is 0.885. The molecule has 0 radical (unpaired) electrons. The molecule has 1 saturated heterocycles. The van der Waals surface area contributed by atoms with E-state index in [4.69, 9.17) is 0 Å². The van der Waals surface area contributed by atoms with Crippen molar-refractivity contribution < 1.29 is 14.7 Å². The normalized spacial score (nSPS) is 23.7. The van der Waals surface area contributed by atoms with E-state index in [1.807, 2.05) is 30.3 Å². The van der Waals surface area contributed by atoms with Crippen LogP contribution in [0.1, 0.15) is 17.7 Å². The van der Waals surface area contributed by atoms with Crippen molar-refractivity contribution in [2.45, 2.75) is 18.2 Å². The van der Waals surface area contributed by atoms with Gasteiger partial charge in [0.1, 0.15) is 6.04 Å². The molecular weight excluding hydrogens is 250 g/mol. The van der Waals surface area contributed by atoms with Crippen LogP contribution in [-0.4, -0.2) is 40.2 Å². The third-order valence-corrected chi connectivity index (χ3v) is 4.35. The molecule has 4 nitrogen and oxygen atoms in total. The molecule has 96 valence electrons. The van der Waals surface area contributed by atoms with Gasteiger partial charge in [-0.1, -0.05) is 30.3 Å². The van der Waals surface area contributed by atoms with Crippen LogP contribution in [-0.2, 0) is 9.59 Å². The lowest BCUT2D eigenvalue weighted by molar-refractivity contribution is -0.149. The molecule has 5 heteroatoms. The molecule has 1 N–H and O–H groups in total. The maximum absolute atomic E-state index is 11.5. The molecule has 1 aromatic rings. The predicted octanol–water partition coefficient (Wildman–Crippen LogP) is 1.78. The van der Waals surface area contributed by atoms with E-state index in [0.29, 0.717) is 6.54 Å². The minimum atomic E-state index is -0.939. The van der Waals surface area contributed by atoms with Crippen LogP contribution in [0.25, 0.3) is 0 Å². The average molecular weight is 265 g/mol. The fourth-order valence-corrected chi connectivity index (χ4v) is 3.56. The molecule has 0 saturated carbocycles. The smallest absolute Gasteiger partial charge is 0.327 e. The molecule has 0 spiro atoms. The van der Waals surface area contributed by atoms with Crippen LogP contribution in [0.4, 0.5) is 0 Å². The van der Waals surface area contributed by atoms with E-state index < -0.39 is 12.0 Å². The number of hydrogen-bond acceptors (Lipinski definition) is 3. The molecule has 2 rings (SSSR count). The molecular formula is C13H15NO3S. The van der Waals surface area contributed by atoms with Crippen LogP contribution >= 0.6 is 11.8 Å². The second kappa shape index (κ2) is 5.44. The number of carbonyl (C=O) groups is 2. The molecule has 1 heterocycles. The molecule has 1 aliphatic rings. The van der Waals surface area contributed by atoms with Crippen molar-refractivity contribution in [1.82, 2.24) is 4.90 Å². The molecule has 1 amide bonds. The first-order chi connectivity index (χ1) is 8.61. The van der Waals surface area contributed by atoms with Crippen LogP contribution in [0, 0.1) is 0 Å². The number of benzene rings is 1. The van der Waals surface area contributed by atoms with E-state index in [2.05, 4.69) is 0 Å². The Balaban J connectivity index is 2.33. The highest BCUT2D eigenvalue weighted by atomic mass is 32.2. The Morgan fingerprint density at radius 3 is 2.56 bits per heavy atom. The molecule has 0 aliphatic carbocycles. The summed E-state index contributed by atoms with van der Waals surface area (Å²) in [6, 6.07) is 8.73. The van der Waals surface area contributed by atoms with Gasteiger partial charge in [-0.25, -0.2) is 4.79 Å². The molecule has 18 heavy (non-hydrogen) atoms. The van der Waals surface area contributed by atoms with Crippen molar-refractivity contribution in [2.75, 3.05) is 12.3 Å². The van der Waals surface area contributed by atoms with Gasteiger partial charge < -0.3 is 10.0 Å². The van der Waals surface area contributed by atoms with E-state index in [0.717, 1.165) is 11.3 Å². The second-order valence-corrected chi connectivity index (χ2v) is 5.45. The lowest BCUT2D eigenvalue weighted by Crippen LogP contribution is -2.50. The van der Waals surface area contributed by atoms with Gasteiger partial charge in [0.2, 0.25) is 5.91 Å². The fraction of sp³-hybridized carbons (Fsp3) is 0.385. The highest BCUT2D eigenvalue weighted by Crippen LogP contribution is 2.38. The van der Waals surface area contributed by atoms with Crippen molar-refractivity contribution in [1.29, 1.82) is 0 Å². The number of nitrogens with zero attached hydrogens (tertiary/aromatic N) is 1. The van der Waals surface area contributed by atoms with Crippen molar-refractivity contribution in [3.63, 3.8) is 0 Å². The monoisotopic (exact) mass is 265 g/mol. The Morgan fingerprint density at radius 2 is 2.00 bits per heavy atom. The molecule has 1 aliphatic heterocycles. The third-order valence-electron chi connectivity index (χ3n) is 3.04. The van der Waals surface area contributed by atoms with Crippen molar-refractivity contribution in [3.8, 4) is 0 Å². The SMILES string of the molecule is CC(=O)N1CCSC(c2ccccc2)C1C(=O)O. The van der Waals surface area contributed by atoms with Crippen molar-refractivity contribution >= 4 is 23.6 Å². The van der Waals surface area contributed by atoms with E-state index in [1.165, 1.54) is 11.8 Å². The van der Waals surface area contributed by atoms with Gasteiger partial charge in [-0.3, -0.25) is 4.79 Å². The first kappa shape index (κ1) is 13.0. The number of hydrogen-bond donors (Lipinski definition) is 1. The van der Waals surface area contributed by atoms with E-state index in [-0.39, 0.29) is 11.2 Å². The van der Waals surface area contributed by atoms with Gasteiger partial charge in [-0.15, -0.1) is 11.8 Å². The Morgan fingerprint density at radius 1 is 1.33 bits per heavy atom. The van der Waals surface area contributed by atoms with Crippen LogP contribution in [0.15, 0.2) is 30.3 Å². The Bertz CT molecular complexity index is 449. The Labute approximate surface area is 110 Å². The number of carbonyl (C=O) groups excluding carboxylic acids is 1. The minimum absolute atomic E-state index is 0.177. The van der Waals surface area contributed by atoms with Crippen molar-refractivity contribution in [2.24, 2.45) is 0 Å². The van der Waals surface area contributed by atoms with Gasteiger partial charge in [0.05, 0.1) is 5.25 Å². The number of carboxylic acid groups (broad SMARTS) is 1. The lowest BCUT2D eigenvalue weighted by Gasteiger charge is -2.38. The van der Waals surface area contributed by atoms with Gasteiger partial charge in [0.15, 0.2) is 0 Å². The van der Waals surface area contributed by atoms with E-state index in [1.54, 1.807) is 11.8 Å². The van der Waals surface area contributed by atoms with E-state index >= 15 is 0 Å². The summed E-state index contributed by atoms with van der Waals surface area (Å²) < 4.78 is 0. The first-order valence-corrected chi connectivity index (χ1v) is 6.82. The van der Waals surface area contributed by atoms with Gasteiger partial charge >= 0.3 is 5.97 Å². The van der Waals surface area contributed by atoms with Crippen molar-refractivity contribution in [3.05, 3.63) is 35.9 Å². The number of amides is 1. The summed E-state index contributed by atoms with van der Waals surface area (Å²) in [5.74, 6) is -0.349. The zero-order valence-corrected chi connectivity index (χ0v) is 10.9. The minimum Gasteiger partial charge on any atom is -0.480 e. The number of rotatable bonds is 2. The maximum atomic E-state index is 11.5. The summed E-state index contributed by atoms with van der Waals surface area (Å²) in [5, 5.41) is 9.19. The number of thioether (sulfide) groups is 1. The molecule has 1 aromatic carbocycles. The summed E-state index contributed by atoms with van der Waals surface area (Å²) in [6.45, 7) is 1.92. The Kier molecular flexibility index (Phi) is 3.91. The lowest BCUT2D eigenvalue weighted by atomic mass is 10.0. The Hall–Kier alpha value is -1.49. The molecule has 1 fully saturated rings. The van der Waals surface area contributed by atoms with Crippen LogP contribution in [0.3, 0.4) is 0 Å². The maximum Gasteiger partial charge on any atom is 0.327 e. The fourth-order valence-electron chi connectivity index (χ4n) is 2.21. The summed E-state index contributed by atoms with van der Waals surface area (Å²) in [4.78, 5) is 24.4. The van der Waals surface area contributed by atoms with E-state index in [9.17, 15) is 14.7 Å². The molecule has 2 atom stereocenters. The van der Waals surface area contributed by atoms with Gasteiger partial charge in [0.25, 0.3) is 0 Å². The van der Waals surface area contributed by atoms with Gasteiger partial charge in [-0.2, -0.15) is 0 Å². The number of aliphatic carboxylic acids is 1.